The molecular weight excluding hydrogens is 222 g/mol. The molecule has 0 spiro atoms. The predicted molar refractivity (Wildman–Crippen MR) is 76.1 cm³/mol. The van der Waals surface area contributed by atoms with Gasteiger partial charge in [-0.3, -0.25) is 4.79 Å². The summed E-state index contributed by atoms with van der Waals surface area (Å²) in [5.74, 6) is 0.948. The van der Waals surface area contributed by atoms with E-state index in [1.165, 1.54) is 11.1 Å². The summed E-state index contributed by atoms with van der Waals surface area (Å²) in [6, 6.07) is 6.37. The van der Waals surface area contributed by atoms with E-state index in [1.54, 1.807) is 6.08 Å². The molecule has 0 saturated carbocycles. The van der Waals surface area contributed by atoms with Crippen LogP contribution in [0.3, 0.4) is 0 Å². The maximum atomic E-state index is 12.0. The molecule has 1 aromatic carbocycles. The number of rotatable bonds is 3. The third-order valence-electron chi connectivity index (χ3n) is 3.43. The van der Waals surface area contributed by atoms with E-state index in [9.17, 15) is 4.79 Å². The Morgan fingerprint density at radius 2 is 1.61 bits per heavy atom. The number of carbonyl (C=O) groups excluding carboxylic acids is 1. The van der Waals surface area contributed by atoms with Crippen molar-refractivity contribution >= 4 is 11.6 Å². The SMILES string of the molecule is CC(C)c1cccc(C(C)C)c1N1CC=CC1=O. The van der Waals surface area contributed by atoms with Crippen molar-refractivity contribution in [3.63, 3.8) is 0 Å². The van der Waals surface area contributed by atoms with Crippen LogP contribution in [0.25, 0.3) is 0 Å². The second-order valence-corrected chi connectivity index (χ2v) is 5.45. The number of benzene rings is 1. The van der Waals surface area contributed by atoms with Gasteiger partial charge in [0.1, 0.15) is 0 Å². The molecule has 0 N–H and O–H groups in total. The van der Waals surface area contributed by atoms with E-state index in [0.29, 0.717) is 18.4 Å². The van der Waals surface area contributed by atoms with Crippen molar-refractivity contribution in [3.8, 4) is 0 Å². The van der Waals surface area contributed by atoms with Crippen molar-refractivity contribution < 1.29 is 4.79 Å². The third-order valence-corrected chi connectivity index (χ3v) is 3.43. The van der Waals surface area contributed by atoms with E-state index in [0.717, 1.165) is 5.69 Å². The molecule has 96 valence electrons. The van der Waals surface area contributed by atoms with Crippen LogP contribution in [0.1, 0.15) is 50.7 Å². The Kier molecular flexibility index (Phi) is 3.55. The number of hydrogen-bond donors (Lipinski definition) is 0. The second kappa shape index (κ2) is 4.97. The van der Waals surface area contributed by atoms with Crippen molar-refractivity contribution in [2.24, 2.45) is 0 Å². The Hall–Kier alpha value is -1.57. The van der Waals surface area contributed by atoms with Crippen LogP contribution in [-0.4, -0.2) is 12.5 Å². The molecule has 0 fully saturated rings. The lowest BCUT2D eigenvalue weighted by molar-refractivity contribution is -0.113. The van der Waals surface area contributed by atoms with Crippen molar-refractivity contribution in [2.75, 3.05) is 11.4 Å². The summed E-state index contributed by atoms with van der Waals surface area (Å²) in [5.41, 5.74) is 3.65. The van der Waals surface area contributed by atoms with Crippen LogP contribution < -0.4 is 4.90 Å². The van der Waals surface area contributed by atoms with Crippen molar-refractivity contribution in [2.45, 2.75) is 39.5 Å². The van der Waals surface area contributed by atoms with Gasteiger partial charge in [0.05, 0.1) is 5.69 Å². The van der Waals surface area contributed by atoms with Gasteiger partial charge in [0.15, 0.2) is 0 Å². The summed E-state index contributed by atoms with van der Waals surface area (Å²) in [7, 11) is 0. The Morgan fingerprint density at radius 1 is 1.06 bits per heavy atom. The summed E-state index contributed by atoms with van der Waals surface area (Å²) in [6.07, 6.45) is 3.60. The molecule has 0 saturated heterocycles. The van der Waals surface area contributed by atoms with Gasteiger partial charge in [-0.1, -0.05) is 52.0 Å². The van der Waals surface area contributed by atoms with Crippen molar-refractivity contribution in [1.82, 2.24) is 0 Å². The Labute approximate surface area is 109 Å². The van der Waals surface area contributed by atoms with Crippen LogP contribution in [0.2, 0.25) is 0 Å². The topological polar surface area (TPSA) is 20.3 Å². The summed E-state index contributed by atoms with van der Waals surface area (Å²) in [5, 5.41) is 0. The maximum absolute atomic E-state index is 12.0. The number of nitrogens with zero attached hydrogens (tertiary/aromatic N) is 1. The zero-order valence-corrected chi connectivity index (χ0v) is 11.6. The lowest BCUT2D eigenvalue weighted by Gasteiger charge is -2.26. The molecule has 1 amide bonds. The molecule has 2 nitrogen and oxygen atoms in total. The number of para-hydroxylation sites is 1. The zero-order chi connectivity index (χ0) is 13.3. The third kappa shape index (κ3) is 2.20. The van der Waals surface area contributed by atoms with Crippen molar-refractivity contribution in [1.29, 1.82) is 0 Å². The van der Waals surface area contributed by atoms with E-state index in [4.69, 9.17) is 0 Å². The van der Waals surface area contributed by atoms with Crippen LogP contribution in [0.4, 0.5) is 5.69 Å². The first-order valence-corrected chi connectivity index (χ1v) is 6.63. The minimum atomic E-state index is 0.102. The van der Waals surface area contributed by atoms with E-state index in [-0.39, 0.29) is 5.91 Å². The quantitative estimate of drug-likeness (QED) is 0.790. The van der Waals surface area contributed by atoms with Crippen LogP contribution >= 0.6 is 0 Å². The van der Waals surface area contributed by atoms with E-state index < -0.39 is 0 Å². The highest BCUT2D eigenvalue weighted by Crippen LogP contribution is 2.36. The molecule has 0 atom stereocenters. The molecule has 0 aromatic heterocycles. The smallest absolute Gasteiger partial charge is 0.251 e. The Balaban J connectivity index is 2.57. The lowest BCUT2D eigenvalue weighted by atomic mass is 9.92. The number of hydrogen-bond acceptors (Lipinski definition) is 1. The normalized spacial score (nSPS) is 15.2. The molecule has 0 unspecified atom stereocenters. The van der Waals surface area contributed by atoms with Crippen LogP contribution in [0, 0.1) is 0 Å². The molecule has 0 aliphatic carbocycles. The zero-order valence-electron chi connectivity index (χ0n) is 11.6. The fourth-order valence-corrected chi connectivity index (χ4v) is 2.46. The molecule has 1 aromatic rings. The average molecular weight is 243 g/mol. The van der Waals surface area contributed by atoms with Crippen LogP contribution in [-0.2, 0) is 4.79 Å². The van der Waals surface area contributed by atoms with Crippen molar-refractivity contribution in [3.05, 3.63) is 41.5 Å². The molecule has 0 radical (unpaired) electrons. The van der Waals surface area contributed by atoms with E-state index in [2.05, 4.69) is 45.9 Å². The molecule has 18 heavy (non-hydrogen) atoms. The first kappa shape index (κ1) is 12.9. The van der Waals surface area contributed by atoms with Crippen LogP contribution in [0.15, 0.2) is 30.4 Å². The summed E-state index contributed by atoms with van der Waals surface area (Å²) in [6.45, 7) is 9.41. The second-order valence-electron chi connectivity index (χ2n) is 5.45. The van der Waals surface area contributed by atoms with Gasteiger partial charge < -0.3 is 4.90 Å². The lowest BCUT2D eigenvalue weighted by Crippen LogP contribution is -2.27. The van der Waals surface area contributed by atoms with Gasteiger partial charge in [-0.05, 0) is 23.0 Å². The highest BCUT2D eigenvalue weighted by molar-refractivity contribution is 6.05. The largest absolute Gasteiger partial charge is 0.304 e. The van der Waals surface area contributed by atoms with Gasteiger partial charge in [0.25, 0.3) is 5.91 Å². The van der Waals surface area contributed by atoms with Gasteiger partial charge in [0, 0.05) is 12.6 Å². The van der Waals surface area contributed by atoms with E-state index in [1.807, 2.05) is 11.0 Å². The molecule has 1 heterocycles. The molecular formula is C16H21NO. The van der Waals surface area contributed by atoms with Gasteiger partial charge >= 0.3 is 0 Å². The Bertz CT molecular complexity index is 460. The minimum absolute atomic E-state index is 0.102. The molecule has 2 heteroatoms. The summed E-state index contributed by atoms with van der Waals surface area (Å²) < 4.78 is 0. The van der Waals surface area contributed by atoms with Gasteiger partial charge in [0.2, 0.25) is 0 Å². The minimum Gasteiger partial charge on any atom is -0.304 e. The van der Waals surface area contributed by atoms with E-state index >= 15 is 0 Å². The average Bonchev–Trinajstić information content (AvgIpc) is 2.74. The number of amides is 1. The van der Waals surface area contributed by atoms with Crippen LogP contribution in [0.5, 0.6) is 0 Å². The standard InChI is InChI=1S/C16H21NO/c1-11(2)13-7-5-8-14(12(3)4)16(13)17-10-6-9-15(17)18/h5-9,11-12H,10H2,1-4H3. The van der Waals surface area contributed by atoms with Gasteiger partial charge in [-0.25, -0.2) is 0 Å². The summed E-state index contributed by atoms with van der Waals surface area (Å²) >= 11 is 0. The monoisotopic (exact) mass is 243 g/mol. The first-order chi connectivity index (χ1) is 8.52. The fourth-order valence-electron chi connectivity index (χ4n) is 2.46. The highest BCUT2D eigenvalue weighted by Gasteiger charge is 2.24. The molecule has 1 aliphatic heterocycles. The number of carbonyl (C=O) groups is 1. The Morgan fingerprint density at radius 3 is 2.00 bits per heavy atom. The molecule has 2 rings (SSSR count). The molecule has 1 aliphatic rings. The predicted octanol–water partition coefficient (Wildman–Crippen LogP) is 3.84. The maximum Gasteiger partial charge on any atom is 0.251 e. The summed E-state index contributed by atoms with van der Waals surface area (Å²) in [4.78, 5) is 13.9. The molecule has 0 bridgehead atoms. The fraction of sp³-hybridized carbons (Fsp3) is 0.438. The number of anilines is 1. The van der Waals surface area contributed by atoms with Gasteiger partial charge in [-0.2, -0.15) is 0 Å². The first-order valence-electron chi connectivity index (χ1n) is 6.63. The van der Waals surface area contributed by atoms with Gasteiger partial charge in [-0.15, -0.1) is 0 Å². The highest BCUT2D eigenvalue weighted by atomic mass is 16.2.